The number of methoxy groups -OCH3 is 1. The molecule has 1 aromatic heterocycles. The van der Waals surface area contributed by atoms with Crippen LogP contribution in [0, 0.1) is 11.3 Å². The number of carbonyl (C=O) groups excluding carboxylic acids is 1. The van der Waals surface area contributed by atoms with Crippen molar-refractivity contribution in [2.75, 3.05) is 7.11 Å². The van der Waals surface area contributed by atoms with E-state index < -0.39 is 5.97 Å². The van der Waals surface area contributed by atoms with Crippen molar-refractivity contribution in [3.63, 3.8) is 0 Å². The number of fused-ring (bicyclic) bond motifs is 1. The first kappa shape index (κ1) is 9.28. The number of nitrogens with zero attached hydrogens (tertiary/aromatic N) is 1. The smallest absolute Gasteiger partial charge is 0.339 e. The molecule has 0 spiro atoms. The lowest BCUT2D eigenvalue weighted by atomic mass is 10.1. The van der Waals surface area contributed by atoms with Gasteiger partial charge in [-0.25, -0.2) is 4.79 Å². The first-order valence-electron chi connectivity index (χ1n) is 4.36. The van der Waals surface area contributed by atoms with Crippen LogP contribution in [0.15, 0.2) is 24.4 Å². The van der Waals surface area contributed by atoms with E-state index in [0.717, 1.165) is 5.39 Å². The van der Waals surface area contributed by atoms with Gasteiger partial charge in [-0.05, 0) is 6.07 Å². The van der Waals surface area contributed by atoms with Gasteiger partial charge in [0.05, 0.1) is 23.8 Å². The summed E-state index contributed by atoms with van der Waals surface area (Å²) in [5.74, 6) is -0.410. The Kier molecular flexibility index (Phi) is 2.14. The maximum atomic E-state index is 11.4. The number of H-pyrrole nitrogens is 1. The predicted molar refractivity (Wildman–Crippen MR) is 54.4 cm³/mol. The molecule has 2 aromatic rings. The number of nitriles is 1. The van der Waals surface area contributed by atoms with E-state index in [-0.39, 0.29) is 0 Å². The minimum Gasteiger partial charge on any atom is -0.465 e. The van der Waals surface area contributed by atoms with Crippen LogP contribution >= 0.6 is 0 Å². The molecule has 0 atom stereocenters. The second-order valence-corrected chi connectivity index (χ2v) is 3.03. The van der Waals surface area contributed by atoms with E-state index in [1.54, 1.807) is 24.4 Å². The van der Waals surface area contributed by atoms with Crippen molar-refractivity contribution in [2.24, 2.45) is 0 Å². The maximum absolute atomic E-state index is 11.4. The number of ether oxygens (including phenoxy) is 1. The Morgan fingerprint density at radius 2 is 2.33 bits per heavy atom. The number of benzene rings is 1. The lowest BCUT2D eigenvalue weighted by Crippen LogP contribution is -2.01. The normalized spacial score (nSPS) is 9.87. The van der Waals surface area contributed by atoms with Crippen LogP contribution in [-0.2, 0) is 4.74 Å². The zero-order valence-electron chi connectivity index (χ0n) is 8.07. The van der Waals surface area contributed by atoms with E-state index >= 15 is 0 Å². The van der Waals surface area contributed by atoms with Crippen LogP contribution in [0.5, 0.6) is 0 Å². The number of para-hydroxylation sites is 1. The molecule has 0 fully saturated rings. The number of rotatable bonds is 1. The van der Waals surface area contributed by atoms with Crippen LogP contribution < -0.4 is 0 Å². The van der Waals surface area contributed by atoms with E-state index in [2.05, 4.69) is 15.8 Å². The van der Waals surface area contributed by atoms with E-state index in [0.29, 0.717) is 16.6 Å². The molecule has 4 nitrogen and oxygen atoms in total. The summed E-state index contributed by atoms with van der Waals surface area (Å²) in [6.07, 6.45) is 1.58. The Bertz CT molecular complexity index is 563. The summed E-state index contributed by atoms with van der Waals surface area (Å²) in [6.45, 7) is 0. The van der Waals surface area contributed by atoms with Gasteiger partial charge in [0.15, 0.2) is 0 Å². The first-order chi connectivity index (χ1) is 7.27. The molecule has 0 aliphatic heterocycles. The molecule has 0 amide bonds. The minimum absolute atomic E-state index is 0.410. The second kappa shape index (κ2) is 3.46. The van der Waals surface area contributed by atoms with Crippen LogP contribution in [0.4, 0.5) is 0 Å². The molecule has 4 heteroatoms. The van der Waals surface area contributed by atoms with Crippen LogP contribution in [0.3, 0.4) is 0 Å². The van der Waals surface area contributed by atoms with Gasteiger partial charge in [-0.1, -0.05) is 12.1 Å². The SMILES string of the molecule is COC(=O)c1cccc2c(C#N)c[nH]c12. The van der Waals surface area contributed by atoms with Crippen LogP contribution in [0.1, 0.15) is 15.9 Å². The molecule has 0 saturated carbocycles. The maximum Gasteiger partial charge on any atom is 0.339 e. The third-order valence-corrected chi connectivity index (χ3v) is 2.24. The van der Waals surface area contributed by atoms with Gasteiger partial charge in [-0.15, -0.1) is 0 Å². The van der Waals surface area contributed by atoms with Crippen molar-refractivity contribution in [2.45, 2.75) is 0 Å². The number of hydrogen-bond acceptors (Lipinski definition) is 3. The third-order valence-electron chi connectivity index (χ3n) is 2.24. The van der Waals surface area contributed by atoms with E-state index in [1.165, 1.54) is 7.11 Å². The summed E-state index contributed by atoms with van der Waals surface area (Å²) in [4.78, 5) is 14.3. The molecule has 15 heavy (non-hydrogen) atoms. The Balaban J connectivity index is 2.74. The van der Waals surface area contributed by atoms with E-state index in [4.69, 9.17) is 5.26 Å². The number of nitrogens with one attached hydrogen (secondary N) is 1. The zero-order chi connectivity index (χ0) is 10.8. The molecule has 1 aromatic carbocycles. The average Bonchev–Trinajstić information content (AvgIpc) is 2.70. The van der Waals surface area contributed by atoms with Crippen molar-refractivity contribution in [3.8, 4) is 6.07 Å². The first-order valence-corrected chi connectivity index (χ1v) is 4.36. The summed E-state index contributed by atoms with van der Waals surface area (Å²) in [6, 6.07) is 7.22. The van der Waals surface area contributed by atoms with Gasteiger partial charge in [-0.2, -0.15) is 5.26 Å². The average molecular weight is 200 g/mol. The summed E-state index contributed by atoms with van der Waals surface area (Å²) < 4.78 is 4.65. The number of hydrogen-bond donors (Lipinski definition) is 1. The highest BCUT2D eigenvalue weighted by molar-refractivity contribution is 6.04. The van der Waals surface area contributed by atoms with Crippen LogP contribution in [0.2, 0.25) is 0 Å². The van der Waals surface area contributed by atoms with Gasteiger partial charge in [-0.3, -0.25) is 0 Å². The quantitative estimate of drug-likeness (QED) is 0.714. The van der Waals surface area contributed by atoms with E-state index in [9.17, 15) is 4.79 Å². The standard InChI is InChI=1S/C11H8N2O2/c1-15-11(14)9-4-2-3-8-7(5-12)6-13-10(8)9/h2-4,6,13H,1H3. The van der Waals surface area contributed by atoms with Gasteiger partial charge >= 0.3 is 5.97 Å². The minimum atomic E-state index is -0.410. The fraction of sp³-hybridized carbons (Fsp3) is 0.0909. The van der Waals surface area contributed by atoms with Crippen molar-refractivity contribution in [1.82, 2.24) is 4.98 Å². The fourth-order valence-corrected chi connectivity index (χ4v) is 1.53. The molecule has 0 saturated heterocycles. The van der Waals surface area contributed by atoms with Crippen molar-refractivity contribution in [1.29, 1.82) is 5.26 Å². The lowest BCUT2D eigenvalue weighted by molar-refractivity contribution is 0.0603. The summed E-state index contributed by atoms with van der Waals surface area (Å²) in [7, 11) is 1.33. The summed E-state index contributed by atoms with van der Waals surface area (Å²) in [5.41, 5.74) is 1.60. The Hall–Kier alpha value is -2.28. The monoisotopic (exact) mass is 200 g/mol. The second-order valence-electron chi connectivity index (χ2n) is 3.03. The van der Waals surface area contributed by atoms with Gasteiger partial charge in [0.2, 0.25) is 0 Å². The Labute approximate surface area is 86.1 Å². The van der Waals surface area contributed by atoms with Crippen molar-refractivity contribution >= 4 is 16.9 Å². The number of carbonyl (C=O) groups is 1. The highest BCUT2D eigenvalue weighted by Gasteiger charge is 2.12. The van der Waals surface area contributed by atoms with Crippen molar-refractivity contribution < 1.29 is 9.53 Å². The van der Waals surface area contributed by atoms with Crippen LogP contribution in [0.25, 0.3) is 10.9 Å². The Morgan fingerprint density at radius 3 is 3.00 bits per heavy atom. The molecule has 0 aliphatic carbocycles. The molecule has 74 valence electrons. The van der Waals surface area contributed by atoms with Crippen LogP contribution in [-0.4, -0.2) is 18.1 Å². The zero-order valence-corrected chi connectivity index (χ0v) is 8.07. The molecular formula is C11H8N2O2. The number of esters is 1. The molecule has 1 N–H and O–H groups in total. The lowest BCUT2D eigenvalue weighted by Gasteiger charge is -2.00. The molecule has 1 heterocycles. The molecule has 0 bridgehead atoms. The van der Waals surface area contributed by atoms with Gasteiger partial charge in [0, 0.05) is 11.6 Å². The largest absolute Gasteiger partial charge is 0.465 e. The number of aromatic amines is 1. The third kappa shape index (κ3) is 1.34. The van der Waals surface area contributed by atoms with Gasteiger partial charge in [0.25, 0.3) is 0 Å². The molecule has 0 radical (unpaired) electrons. The summed E-state index contributed by atoms with van der Waals surface area (Å²) in [5, 5.41) is 9.56. The highest BCUT2D eigenvalue weighted by Crippen LogP contribution is 2.21. The predicted octanol–water partition coefficient (Wildman–Crippen LogP) is 1.83. The summed E-state index contributed by atoms with van der Waals surface area (Å²) >= 11 is 0. The molecule has 0 aliphatic rings. The molecular weight excluding hydrogens is 192 g/mol. The van der Waals surface area contributed by atoms with Gasteiger partial charge in [0.1, 0.15) is 6.07 Å². The molecule has 0 unspecified atom stereocenters. The van der Waals surface area contributed by atoms with E-state index in [1.807, 2.05) is 0 Å². The highest BCUT2D eigenvalue weighted by atomic mass is 16.5. The van der Waals surface area contributed by atoms with Crippen molar-refractivity contribution in [3.05, 3.63) is 35.5 Å². The fourth-order valence-electron chi connectivity index (χ4n) is 1.53. The topological polar surface area (TPSA) is 65.9 Å². The number of aromatic nitrogens is 1. The Morgan fingerprint density at radius 1 is 1.53 bits per heavy atom. The van der Waals surface area contributed by atoms with Gasteiger partial charge < -0.3 is 9.72 Å². The molecule has 2 rings (SSSR count).